The summed E-state index contributed by atoms with van der Waals surface area (Å²) in [5, 5.41) is 2.93. The Morgan fingerprint density at radius 1 is 1.06 bits per heavy atom. The molecular weight excluding hydrogens is 408 g/mol. The summed E-state index contributed by atoms with van der Waals surface area (Å²) in [6, 6.07) is 4.14. The molecule has 0 spiro atoms. The van der Waals surface area contributed by atoms with Gasteiger partial charge in [-0.1, -0.05) is 0 Å². The molecule has 3 aromatic rings. The minimum absolute atomic E-state index is 0.0252. The number of fused-ring (bicyclic) bond motifs is 1. The van der Waals surface area contributed by atoms with Crippen LogP contribution in [0.3, 0.4) is 0 Å². The molecule has 0 atom stereocenters. The number of hydrogen-bond donors (Lipinski definition) is 1. The second-order valence-corrected chi connectivity index (χ2v) is 8.41. The number of anilines is 2. The largest absolute Gasteiger partial charge is 0.488 e. The minimum atomic E-state index is -0.0252. The minimum Gasteiger partial charge on any atom is -0.488 e. The average molecular weight is 437 g/mol. The van der Waals surface area contributed by atoms with Gasteiger partial charge in [-0.25, -0.2) is 9.97 Å². The zero-order valence-electron chi connectivity index (χ0n) is 18.2. The molecule has 5 rings (SSSR count). The Morgan fingerprint density at radius 3 is 2.59 bits per heavy atom. The zero-order valence-corrected chi connectivity index (χ0v) is 18.2. The van der Waals surface area contributed by atoms with Gasteiger partial charge >= 0.3 is 0 Å². The molecule has 2 aromatic heterocycles. The Bertz CT molecular complexity index is 1090. The van der Waals surface area contributed by atoms with E-state index in [0.717, 1.165) is 74.5 Å². The summed E-state index contributed by atoms with van der Waals surface area (Å²) in [5.74, 6) is 1.35. The fourth-order valence-electron chi connectivity index (χ4n) is 4.44. The first-order chi connectivity index (χ1) is 15.7. The summed E-state index contributed by atoms with van der Waals surface area (Å²) in [6.45, 7) is 3.14. The van der Waals surface area contributed by atoms with Crippen LogP contribution in [0.25, 0.3) is 11.0 Å². The van der Waals surface area contributed by atoms with E-state index in [1.54, 1.807) is 23.2 Å². The van der Waals surface area contributed by atoms with Crippen LogP contribution in [-0.4, -0.2) is 57.8 Å². The third kappa shape index (κ3) is 4.38. The van der Waals surface area contributed by atoms with Crippen LogP contribution in [0.15, 0.2) is 36.9 Å². The van der Waals surface area contributed by atoms with Gasteiger partial charge in [-0.2, -0.15) is 0 Å². The van der Waals surface area contributed by atoms with Crippen molar-refractivity contribution in [3.05, 3.63) is 36.9 Å². The van der Waals surface area contributed by atoms with Gasteiger partial charge in [0.25, 0.3) is 0 Å². The maximum absolute atomic E-state index is 12.6. The van der Waals surface area contributed by atoms with Crippen molar-refractivity contribution in [2.75, 3.05) is 36.5 Å². The number of carbonyl (C=O) groups is 1. The van der Waals surface area contributed by atoms with E-state index in [0.29, 0.717) is 5.95 Å². The van der Waals surface area contributed by atoms with E-state index in [-0.39, 0.29) is 17.9 Å². The van der Waals surface area contributed by atoms with Crippen molar-refractivity contribution in [1.82, 2.24) is 19.5 Å². The molecule has 9 heteroatoms. The van der Waals surface area contributed by atoms with E-state index >= 15 is 0 Å². The van der Waals surface area contributed by atoms with Gasteiger partial charge in [0.05, 0.1) is 24.8 Å². The molecule has 0 radical (unpaired) electrons. The Hall–Kier alpha value is -3.20. The molecule has 9 nitrogen and oxygen atoms in total. The highest BCUT2D eigenvalue weighted by molar-refractivity contribution is 5.91. The molecule has 1 saturated carbocycles. The number of aromatic nitrogens is 4. The maximum atomic E-state index is 12.6. The van der Waals surface area contributed by atoms with Crippen molar-refractivity contribution in [2.24, 2.45) is 13.0 Å². The normalized spacial score (nSPS) is 21.5. The van der Waals surface area contributed by atoms with Gasteiger partial charge in [0, 0.05) is 62.6 Å². The van der Waals surface area contributed by atoms with Crippen molar-refractivity contribution < 1.29 is 14.3 Å². The third-order valence-corrected chi connectivity index (χ3v) is 6.29. The first kappa shape index (κ1) is 20.7. The summed E-state index contributed by atoms with van der Waals surface area (Å²) in [4.78, 5) is 28.1. The van der Waals surface area contributed by atoms with Crippen molar-refractivity contribution in [3.63, 3.8) is 0 Å². The smallest absolute Gasteiger partial charge is 0.229 e. The number of ether oxygens (including phenoxy) is 2. The molecule has 2 fully saturated rings. The second-order valence-electron chi connectivity index (χ2n) is 8.41. The summed E-state index contributed by atoms with van der Waals surface area (Å²) < 4.78 is 13.7. The summed E-state index contributed by atoms with van der Waals surface area (Å²) in [5.41, 5.74) is 2.69. The molecule has 1 aliphatic heterocycles. The van der Waals surface area contributed by atoms with Crippen LogP contribution in [0.2, 0.25) is 0 Å². The van der Waals surface area contributed by atoms with E-state index in [9.17, 15) is 4.79 Å². The summed E-state index contributed by atoms with van der Waals surface area (Å²) in [6.07, 6.45) is 10.2. The Balaban J connectivity index is 1.27. The lowest BCUT2D eigenvalue weighted by Gasteiger charge is -2.31. The fourth-order valence-corrected chi connectivity index (χ4v) is 4.44. The Kier molecular flexibility index (Phi) is 5.89. The second kappa shape index (κ2) is 9.12. The first-order valence-electron chi connectivity index (χ1n) is 11.2. The molecule has 3 heterocycles. The van der Waals surface area contributed by atoms with Crippen molar-refractivity contribution in [3.8, 4) is 5.75 Å². The van der Waals surface area contributed by atoms with Gasteiger partial charge in [0.15, 0.2) is 0 Å². The van der Waals surface area contributed by atoms with Gasteiger partial charge in [0.1, 0.15) is 11.3 Å². The van der Waals surface area contributed by atoms with Gasteiger partial charge in [-0.05, 0) is 31.7 Å². The van der Waals surface area contributed by atoms with Crippen LogP contribution in [-0.2, 0) is 16.6 Å². The first-order valence-corrected chi connectivity index (χ1v) is 11.2. The van der Waals surface area contributed by atoms with E-state index < -0.39 is 0 Å². The standard InChI is InChI=1S/C23H28N6O3/c1-28-9-8-26-23(28)27-22(30)16-2-4-18(5-3-16)32-20-15-17(29-10-12-31-13-11-29)14-19-21(20)25-7-6-24-19/h6-9,14-16,18H,2-5,10-13H2,1H3,(H,26,27,30)/t16-,18+. The third-order valence-electron chi connectivity index (χ3n) is 6.29. The molecule has 1 aromatic carbocycles. The summed E-state index contributed by atoms with van der Waals surface area (Å²) >= 11 is 0. The number of morpholine rings is 1. The quantitative estimate of drug-likeness (QED) is 0.657. The van der Waals surface area contributed by atoms with Crippen molar-refractivity contribution >= 4 is 28.6 Å². The molecule has 32 heavy (non-hydrogen) atoms. The fraction of sp³-hybridized carbons (Fsp3) is 0.478. The maximum Gasteiger partial charge on any atom is 0.229 e. The number of rotatable bonds is 5. The van der Waals surface area contributed by atoms with Crippen LogP contribution in [0.4, 0.5) is 11.6 Å². The van der Waals surface area contributed by atoms with Gasteiger partial charge < -0.3 is 18.9 Å². The number of imidazole rings is 1. The number of nitrogens with one attached hydrogen (secondary N) is 1. The highest BCUT2D eigenvalue weighted by Crippen LogP contribution is 2.34. The lowest BCUT2D eigenvalue weighted by Crippen LogP contribution is -2.36. The molecule has 1 amide bonds. The van der Waals surface area contributed by atoms with E-state index in [4.69, 9.17) is 9.47 Å². The number of benzene rings is 1. The SMILES string of the molecule is Cn1ccnc1NC(=O)[C@H]1CC[C@@H](Oc2cc(N3CCOCC3)cc3nccnc23)CC1. The number of amides is 1. The Morgan fingerprint density at radius 2 is 1.84 bits per heavy atom. The molecule has 1 N–H and O–H groups in total. The summed E-state index contributed by atoms with van der Waals surface area (Å²) in [7, 11) is 1.87. The number of carbonyl (C=O) groups excluding carboxylic acids is 1. The van der Waals surface area contributed by atoms with Crippen LogP contribution in [0, 0.1) is 5.92 Å². The molecule has 1 aliphatic carbocycles. The predicted molar refractivity (Wildman–Crippen MR) is 121 cm³/mol. The van der Waals surface area contributed by atoms with E-state index in [1.165, 1.54) is 0 Å². The highest BCUT2D eigenvalue weighted by atomic mass is 16.5. The topological polar surface area (TPSA) is 94.4 Å². The lowest BCUT2D eigenvalue weighted by molar-refractivity contribution is -0.121. The van der Waals surface area contributed by atoms with E-state index in [1.807, 2.05) is 13.2 Å². The number of hydrogen-bond acceptors (Lipinski definition) is 7. The average Bonchev–Trinajstić information content (AvgIpc) is 3.24. The molecule has 168 valence electrons. The highest BCUT2D eigenvalue weighted by Gasteiger charge is 2.28. The molecular formula is C23H28N6O3. The van der Waals surface area contributed by atoms with Gasteiger partial charge in [-0.15, -0.1) is 0 Å². The molecule has 0 bridgehead atoms. The molecule has 1 saturated heterocycles. The van der Waals surface area contributed by atoms with Crippen LogP contribution in [0.1, 0.15) is 25.7 Å². The number of nitrogens with zero attached hydrogens (tertiary/aromatic N) is 5. The molecule has 2 aliphatic rings. The lowest BCUT2D eigenvalue weighted by atomic mass is 9.86. The molecule has 0 unspecified atom stereocenters. The van der Waals surface area contributed by atoms with Crippen molar-refractivity contribution in [1.29, 1.82) is 0 Å². The zero-order chi connectivity index (χ0) is 21.9. The van der Waals surface area contributed by atoms with E-state index in [2.05, 4.69) is 37.3 Å². The monoisotopic (exact) mass is 436 g/mol. The van der Waals surface area contributed by atoms with Gasteiger partial charge in [0.2, 0.25) is 11.9 Å². The van der Waals surface area contributed by atoms with Crippen LogP contribution in [0.5, 0.6) is 5.75 Å². The predicted octanol–water partition coefficient (Wildman–Crippen LogP) is 2.78. The van der Waals surface area contributed by atoms with Gasteiger partial charge in [-0.3, -0.25) is 15.1 Å². The van der Waals surface area contributed by atoms with Crippen LogP contribution >= 0.6 is 0 Å². The number of aryl methyl sites for hydroxylation is 1. The Labute approximate surface area is 186 Å². The van der Waals surface area contributed by atoms with Crippen molar-refractivity contribution in [2.45, 2.75) is 31.8 Å². The van der Waals surface area contributed by atoms with Crippen LogP contribution < -0.4 is 15.0 Å².